The summed E-state index contributed by atoms with van der Waals surface area (Å²) in [4.78, 5) is 26.4. The number of hydrogen-bond acceptors (Lipinski definition) is 6. The van der Waals surface area contributed by atoms with E-state index in [0.29, 0.717) is 5.56 Å². The largest absolute Gasteiger partial charge is 0.760 e. The Morgan fingerprint density at radius 2 is 2.21 bits per heavy atom. The molecule has 1 heterocycles. The normalized spacial score (nSPS) is 12.2. The first-order valence-corrected chi connectivity index (χ1v) is 6.35. The minimum Gasteiger partial charge on any atom is -0.760 e. The van der Waals surface area contributed by atoms with Gasteiger partial charge in [0.05, 0.1) is 7.11 Å². The van der Waals surface area contributed by atoms with Crippen LogP contribution in [0.5, 0.6) is 0 Å². The minimum absolute atomic E-state index is 0.117. The predicted octanol–water partition coefficient (Wildman–Crippen LogP) is 0.0533. The molecule has 1 unspecified atom stereocenters. The minimum atomic E-state index is -2.60. The molecule has 19 heavy (non-hydrogen) atoms. The van der Waals surface area contributed by atoms with E-state index in [1.807, 2.05) is 0 Å². The van der Waals surface area contributed by atoms with Crippen LogP contribution in [0, 0.1) is 0 Å². The van der Waals surface area contributed by atoms with E-state index in [9.17, 15) is 18.4 Å². The van der Waals surface area contributed by atoms with Gasteiger partial charge in [-0.1, -0.05) is 6.07 Å². The first kappa shape index (κ1) is 15.4. The molecule has 1 atom stereocenters. The van der Waals surface area contributed by atoms with Gasteiger partial charge in [-0.25, -0.2) is 4.31 Å². The summed E-state index contributed by atoms with van der Waals surface area (Å²) in [7, 11) is 1.17. The highest BCUT2D eigenvalue weighted by Crippen LogP contribution is 2.11. The SMILES string of the molecule is COC(=O)CN(Cc1cccnc1C(C)=O)S(=O)[O-]. The molecule has 1 aromatic rings. The zero-order valence-electron chi connectivity index (χ0n) is 10.5. The second kappa shape index (κ2) is 7.07. The fraction of sp³-hybridized carbons (Fsp3) is 0.364. The first-order chi connectivity index (χ1) is 8.95. The van der Waals surface area contributed by atoms with Crippen LogP contribution in [-0.4, -0.2) is 43.5 Å². The Morgan fingerprint density at radius 1 is 1.53 bits per heavy atom. The van der Waals surface area contributed by atoms with Crippen molar-refractivity contribution >= 4 is 23.0 Å². The van der Waals surface area contributed by atoms with Crippen LogP contribution in [0.1, 0.15) is 23.0 Å². The molecule has 0 amide bonds. The number of methoxy groups -OCH3 is 1. The van der Waals surface area contributed by atoms with E-state index >= 15 is 0 Å². The van der Waals surface area contributed by atoms with Crippen molar-refractivity contribution in [1.29, 1.82) is 0 Å². The van der Waals surface area contributed by atoms with Gasteiger partial charge in [-0.15, -0.1) is 0 Å². The Labute approximate surface area is 113 Å². The quantitative estimate of drug-likeness (QED) is 0.416. The number of carbonyl (C=O) groups excluding carboxylic acids is 2. The van der Waals surface area contributed by atoms with Gasteiger partial charge in [-0.2, -0.15) is 0 Å². The predicted molar refractivity (Wildman–Crippen MR) is 65.6 cm³/mol. The van der Waals surface area contributed by atoms with Crippen molar-refractivity contribution in [2.75, 3.05) is 13.7 Å². The number of nitrogens with zero attached hydrogens (tertiary/aromatic N) is 2. The van der Waals surface area contributed by atoms with Gasteiger partial charge in [0.2, 0.25) is 0 Å². The van der Waals surface area contributed by atoms with Crippen LogP contribution >= 0.6 is 0 Å². The molecule has 0 aliphatic heterocycles. The summed E-state index contributed by atoms with van der Waals surface area (Å²) >= 11 is -2.60. The Morgan fingerprint density at radius 3 is 2.74 bits per heavy atom. The van der Waals surface area contributed by atoms with Crippen LogP contribution in [0.2, 0.25) is 0 Å². The number of aromatic nitrogens is 1. The lowest BCUT2D eigenvalue weighted by Crippen LogP contribution is -2.32. The second-order valence-corrected chi connectivity index (χ2v) is 4.61. The molecule has 0 saturated heterocycles. The van der Waals surface area contributed by atoms with Crippen molar-refractivity contribution in [3.63, 3.8) is 0 Å². The molecule has 0 bridgehead atoms. The Balaban J connectivity index is 2.94. The standard InChI is InChI=1S/C11H14N2O5S/c1-8(14)11-9(4-3-5-12-11)6-13(19(16)17)7-10(15)18-2/h3-5H,6-7H2,1-2H3,(H,16,17)/p-1. The Hall–Kier alpha value is -1.64. The number of pyridine rings is 1. The zero-order chi connectivity index (χ0) is 14.4. The summed E-state index contributed by atoms with van der Waals surface area (Å²) in [6, 6.07) is 3.17. The van der Waals surface area contributed by atoms with E-state index in [4.69, 9.17) is 0 Å². The molecule has 7 nitrogen and oxygen atoms in total. The van der Waals surface area contributed by atoms with E-state index in [-0.39, 0.29) is 18.0 Å². The van der Waals surface area contributed by atoms with Crippen molar-refractivity contribution in [2.24, 2.45) is 0 Å². The third kappa shape index (κ3) is 4.51. The maximum absolute atomic E-state index is 11.4. The molecule has 104 valence electrons. The summed E-state index contributed by atoms with van der Waals surface area (Å²) in [5.74, 6) is -0.956. The summed E-state index contributed by atoms with van der Waals surface area (Å²) in [5.41, 5.74) is 0.617. The molecule has 0 aliphatic carbocycles. The molecule has 0 fully saturated rings. The number of carbonyl (C=O) groups is 2. The van der Waals surface area contributed by atoms with Crippen molar-refractivity contribution in [3.05, 3.63) is 29.6 Å². The van der Waals surface area contributed by atoms with E-state index < -0.39 is 23.8 Å². The Kier molecular flexibility index (Phi) is 5.74. The third-order valence-corrected chi connectivity index (χ3v) is 3.00. The smallest absolute Gasteiger partial charge is 0.320 e. The fourth-order valence-corrected chi connectivity index (χ4v) is 1.90. The van der Waals surface area contributed by atoms with Crippen LogP contribution in [0.4, 0.5) is 0 Å². The van der Waals surface area contributed by atoms with E-state index in [1.165, 1.54) is 20.2 Å². The number of Topliss-reactive ketones (excluding diaryl/α,β-unsaturated/α-hetero) is 1. The molecule has 0 N–H and O–H groups in total. The zero-order valence-corrected chi connectivity index (χ0v) is 11.3. The van der Waals surface area contributed by atoms with Crippen LogP contribution < -0.4 is 0 Å². The molecule has 0 saturated carbocycles. The summed E-state index contributed by atoms with van der Waals surface area (Å²) in [6.07, 6.45) is 1.44. The first-order valence-electron chi connectivity index (χ1n) is 5.31. The molecule has 0 aromatic carbocycles. The van der Waals surface area contributed by atoms with Gasteiger partial charge in [0, 0.05) is 30.9 Å². The highest BCUT2D eigenvalue weighted by molar-refractivity contribution is 7.76. The van der Waals surface area contributed by atoms with Crippen LogP contribution in [0.25, 0.3) is 0 Å². The van der Waals surface area contributed by atoms with Crippen molar-refractivity contribution < 1.29 is 23.1 Å². The monoisotopic (exact) mass is 285 g/mol. The maximum Gasteiger partial charge on any atom is 0.320 e. The highest BCUT2D eigenvalue weighted by Gasteiger charge is 2.16. The molecule has 0 aliphatic rings. The van der Waals surface area contributed by atoms with Gasteiger partial charge in [-0.3, -0.25) is 18.8 Å². The van der Waals surface area contributed by atoms with Gasteiger partial charge in [0.25, 0.3) is 0 Å². The van der Waals surface area contributed by atoms with Crippen molar-refractivity contribution in [2.45, 2.75) is 13.5 Å². The summed E-state index contributed by atoms with van der Waals surface area (Å²) < 4.78 is 27.4. The molecule has 1 rings (SSSR count). The molecule has 1 aromatic heterocycles. The molecule has 0 radical (unpaired) electrons. The second-order valence-electron chi connectivity index (χ2n) is 3.66. The van der Waals surface area contributed by atoms with Gasteiger partial charge < -0.3 is 9.29 Å². The van der Waals surface area contributed by atoms with Crippen LogP contribution in [0.3, 0.4) is 0 Å². The van der Waals surface area contributed by atoms with Crippen molar-refractivity contribution in [1.82, 2.24) is 9.29 Å². The summed E-state index contributed by atoms with van der Waals surface area (Å²) in [6.45, 7) is 0.803. The number of ketones is 1. The molecule has 8 heteroatoms. The van der Waals surface area contributed by atoms with E-state index in [0.717, 1.165) is 4.31 Å². The molecular formula is C11H13N2O5S-. The highest BCUT2D eigenvalue weighted by atomic mass is 32.2. The fourth-order valence-electron chi connectivity index (χ4n) is 1.44. The lowest BCUT2D eigenvalue weighted by Gasteiger charge is -2.23. The van der Waals surface area contributed by atoms with E-state index in [1.54, 1.807) is 12.1 Å². The third-order valence-electron chi connectivity index (χ3n) is 2.32. The number of ether oxygens (including phenoxy) is 1. The lowest BCUT2D eigenvalue weighted by molar-refractivity contribution is -0.140. The Bertz CT molecular complexity index is 506. The number of esters is 1. The van der Waals surface area contributed by atoms with Gasteiger partial charge in [0.1, 0.15) is 12.2 Å². The molecular weight excluding hydrogens is 272 g/mol. The van der Waals surface area contributed by atoms with Gasteiger partial charge in [0.15, 0.2) is 5.78 Å². The average Bonchev–Trinajstić information content (AvgIpc) is 2.37. The summed E-state index contributed by atoms with van der Waals surface area (Å²) in [5, 5.41) is 0. The lowest BCUT2D eigenvalue weighted by atomic mass is 10.1. The van der Waals surface area contributed by atoms with Crippen LogP contribution in [0.15, 0.2) is 18.3 Å². The number of rotatable bonds is 6. The molecule has 0 spiro atoms. The topological polar surface area (TPSA) is 99.6 Å². The van der Waals surface area contributed by atoms with Gasteiger partial charge in [-0.05, 0) is 11.6 Å². The van der Waals surface area contributed by atoms with Gasteiger partial charge >= 0.3 is 5.97 Å². The average molecular weight is 285 g/mol. The number of hydrogen-bond donors (Lipinski definition) is 0. The van der Waals surface area contributed by atoms with Crippen molar-refractivity contribution in [3.8, 4) is 0 Å². The maximum atomic E-state index is 11.4. The van der Waals surface area contributed by atoms with E-state index in [2.05, 4.69) is 9.72 Å². The van der Waals surface area contributed by atoms with Crippen LogP contribution in [-0.2, 0) is 27.3 Å².